The van der Waals surface area contributed by atoms with Crippen LogP contribution >= 0.6 is 11.6 Å². The Hall–Kier alpha value is -0.690. The van der Waals surface area contributed by atoms with Crippen LogP contribution in [0.5, 0.6) is 5.75 Å². The third kappa shape index (κ3) is 2.21. The zero-order valence-electron chi connectivity index (χ0n) is 8.97. The molecule has 0 aromatic heterocycles. The van der Waals surface area contributed by atoms with Gasteiger partial charge in [0.2, 0.25) is 0 Å². The number of hydrogen-bond donors (Lipinski definition) is 1. The van der Waals surface area contributed by atoms with Crippen LogP contribution in [0, 0.1) is 6.92 Å². The lowest BCUT2D eigenvalue weighted by molar-refractivity contribution is 0.457. The van der Waals surface area contributed by atoms with E-state index >= 15 is 0 Å². The van der Waals surface area contributed by atoms with Gasteiger partial charge in [0, 0.05) is 5.56 Å². The average Bonchev–Trinajstić information content (AvgIpc) is 2.19. The van der Waals surface area contributed by atoms with Gasteiger partial charge >= 0.3 is 0 Å². The Bertz CT molecular complexity index is 320. The molecule has 2 heteroatoms. The van der Waals surface area contributed by atoms with Gasteiger partial charge in [0.05, 0.1) is 5.88 Å². The van der Waals surface area contributed by atoms with Crippen LogP contribution in [-0.2, 0) is 5.88 Å². The molecule has 0 radical (unpaired) electrons. The number of alkyl halides is 1. The van der Waals surface area contributed by atoms with Crippen LogP contribution in [0.25, 0.3) is 0 Å². The van der Waals surface area contributed by atoms with Crippen molar-refractivity contribution in [2.24, 2.45) is 0 Å². The molecule has 0 amide bonds. The lowest BCUT2D eigenvalue weighted by atomic mass is 9.94. The average molecular weight is 213 g/mol. The molecule has 1 atom stereocenters. The third-order valence-electron chi connectivity index (χ3n) is 2.65. The predicted octanol–water partition coefficient (Wildman–Crippen LogP) is 3.95. The molecule has 1 rings (SSSR count). The second-order valence-electron chi connectivity index (χ2n) is 3.80. The van der Waals surface area contributed by atoms with E-state index in [1.807, 2.05) is 19.1 Å². The maximum absolute atomic E-state index is 9.93. The van der Waals surface area contributed by atoms with Crippen molar-refractivity contribution in [3.63, 3.8) is 0 Å². The zero-order valence-corrected chi connectivity index (χ0v) is 9.73. The molecule has 0 aliphatic rings. The van der Waals surface area contributed by atoms with Crippen molar-refractivity contribution in [1.82, 2.24) is 0 Å². The molecule has 1 N–H and O–H groups in total. The first-order valence-electron chi connectivity index (χ1n) is 4.98. The van der Waals surface area contributed by atoms with Crippen molar-refractivity contribution in [2.45, 2.75) is 39.0 Å². The van der Waals surface area contributed by atoms with E-state index in [2.05, 4.69) is 13.8 Å². The summed E-state index contributed by atoms with van der Waals surface area (Å²) >= 11 is 5.76. The molecule has 14 heavy (non-hydrogen) atoms. The number of rotatable bonds is 3. The first-order valence-corrected chi connectivity index (χ1v) is 5.52. The summed E-state index contributed by atoms with van der Waals surface area (Å²) < 4.78 is 0. The predicted molar refractivity (Wildman–Crippen MR) is 61.1 cm³/mol. The molecule has 1 aromatic rings. The molecule has 0 bridgehead atoms. The highest BCUT2D eigenvalue weighted by molar-refractivity contribution is 6.17. The summed E-state index contributed by atoms with van der Waals surface area (Å²) in [5.74, 6) is 1.13. The van der Waals surface area contributed by atoms with E-state index in [1.165, 1.54) is 0 Å². The number of aryl methyl sites for hydroxylation is 1. The minimum Gasteiger partial charge on any atom is -0.507 e. The van der Waals surface area contributed by atoms with Crippen molar-refractivity contribution < 1.29 is 5.11 Å². The third-order valence-corrected chi connectivity index (χ3v) is 2.94. The fourth-order valence-electron chi connectivity index (χ4n) is 1.58. The molecule has 0 aliphatic carbocycles. The van der Waals surface area contributed by atoms with E-state index in [1.54, 1.807) is 0 Å². The van der Waals surface area contributed by atoms with E-state index in [-0.39, 0.29) is 0 Å². The maximum atomic E-state index is 9.93. The Morgan fingerprint density at radius 1 is 1.43 bits per heavy atom. The molecule has 0 spiro atoms. The molecule has 1 nitrogen and oxygen atoms in total. The Morgan fingerprint density at radius 2 is 2.07 bits per heavy atom. The first-order chi connectivity index (χ1) is 6.60. The molecule has 0 aliphatic heterocycles. The molecule has 1 aromatic carbocycles. The summed E-state index contributed by atoms with van der Waals surface area (Å²) in [5, 5.41) is 9.93. The number of benzene rings is 1. The fourth-order valence-corrected chi connectivity index (χ4v) is 1.79. The highest BCUT2D eigenvalue weighted by atomic mass is 35.5. The smallest absolute Gasteiger partial charge is 0.123 e. The van der Waals surface area contributed by atoms with Gasteiger partial charge in [-0.3, -0.25) is 0 Å². The second-order valence-corrected chi connectivity index (χ2v) is 4.07. The monoisotopic (exact) mass is 212 g/mol. The molecule has 0 saturated carbocycles. The van der Waals surface area contributed by atoms with Crippen molar-refractivity contribution >= 4 is 11.6 Å². The summed E-state index contributed by atoms with van der Waals surface area (Å²) in [7, 11) is 0. The van der Waals surface area contributed by atoms with Crippen molar-refractivity contribution in [3.05, 3.63) is 28.8 Å². The van der Waals surface area contributed by atoms with Gasteiger partial charge in [0.1, 0.15) is 5.75 Å². The quantitative estimate of drug-likeness (QED) is 0.753. The van der Waals surface area contributed by atoms with Crippen LogP contribution in [0.1, 0.15) is 42.9 Å². The first kappa shape index (κ1) is 11.4. The second kappa shape index (κ2) is 4.70. The maximum Gasteiger partial charge on any atom is 0.123 e. The minimum atomic E-state index is 0.372. The number of halogens is 1. The number of hydrogen-bond acceptors (Lipinski definition) is 1. The van der Waals surface area contributed by atoms with E-state index in [4.69, 9.17) is 11.6 Å². The Morgan fingerprint density at radius 3 is 2.57 bits per heavy atom. The molecule has 1 unspecified atom stereocenters. The largest absolute Gasteiger partial charge is 0.507 e. The summed E-state index contributed by atoms with van der Waals surface area (Å²) in [6.45, 7) is 6.26. The van der Waals surface area contributed by atoms with Gasteiger partial charge in [-0.1, -0.05) is 31.5 Å². The molecule has 0 saturated heterocycles. The summed E-state index contributed by atoms with van der Waals surface area (Å²) in [6.07, 6.45) is 1.03. The van der Waals surface area contributed by atoms with Crippen LogP contribution in [0.2, 0.25) is 0 Å². The topological polar surface area (TPSA) is 20.2 Å². The SMILES string of the molecule is CCC(C)c1cc(C)cc(CCl)c1O. The van der Waals surface area contributed by atoms with E-state index < -0.39 is 0 Å². The van der Waals surface area contributed by atoms with Crippen molar-refractivity contribution in [1.29, 1.82) is 0 Å². The number of aromatic hydroxyl groups is 1. The van der Waals surface area contributed by atoms with E-state index in [9.17, 15) is 5.11 Å². The highest BCUT2D eigenvalue weighted by Gasteiger charge is 2.12. The van der Waals surface area contributed by atoms with Gasteiger partial charge in [-0.25, -0.2) is 0 Å². The molecular formula is C12H17ClO. The van der Waals surface area contributed by atoms with Crippen LogP contribution in [0.4, 0.5) is 0 Å². The normalized spacial score (nSPS) is 12.9. The van der Waals surface area contributed by atoms with Gasteiger partial charge in [-0.2, -0.15) is 0 Å². The molecular weight excluding hydrogens is 196 g/mol. The number of phenolic OH excluding ortho intramolecular Hbond substituents is 1. The van der Waals surface area contributed by atoms with Crippen LogP contribution in [0.15, 0.2) is 12.1 Å². The van der Waals surface area contributed by atoms with Crippen molar-refractivity contribution in [3.8, 4) is 5.75 Å². The molecule has 0 heterocycles. The minimum absolute atomic E-state index is 0.372. The molecule has 0 fully saturated rings. The van der Waals surface area contributed by atoms with Crippen molar-refractivity contribution in [2.75, 3.05) is 0 Å². The molecule has 78 valence electrons. The lowest BCUT2D eigenvalue weighted by Crippen LogP contribution is -1.95. The highest BCUT2D eigenvalue weighted by Crippen LogP contribution is 2.32. The Balaban J connectivity index is 3.21. The van der Waals surface area contributed by atoms with Gasteiger partial charge in [0.15, 0.2) is 0 Å². The van der Waals surface area contributed by atoms with Gasteiger partial charge in [-0.15, -0.1) is 11.6 Å². The van der Waals surface area contributed by atoms with E-state index in [0.717, 1.165) is 23.1 Å². The van der Waals surface area contributed by atoms with E-state index in [0.29, 0.717) is 17.5 Å². The Kier molecular flexibility index (Phi) is 3.82. The standard InChI is InChI=1S/C12H17ClO/c1-4-9(3)11-6-8(2)5-10(7-13)12(11)14/h5-6,9,14H,4,7H2,1-3H3. The van der Waals surface area contributed by atoms with Crippen LogP contribution in [0.3, 0.4) is 0 Å². The fraction of sp³-hybridized carbons (Fsp3) is 0.500. The number of phenols is 1. The summed E-state index contributed by atoms with van der Waals surface area (Å²) in [4.78, 5) is 0. The van der Waals surface area contributed by atoms with Crippen LogP contribution < -0.4 is 0 Å². The Labute approximate surface area is 90.7 Å². The lowest BCUT2D eigenvalue weighted by Gasteiger charge is -2.14. The summed E-state index contributed by atoms with van der Waals surface area (Å²) in [6, 6.07) is 3.98. The zero-order chi connectivity index (χ0) is 10.7. The summed E-state index contributed by atoms with van der Waals surface area (Å²) in [5.41, 5.74) is 3.01. The van der Waals surface area contributed by atoms with Crippen LogP contribution in [-0.4, -0.2) is 5.11 Å². The van der Waals surface area contributed by atoms with Gasteiger partial charge in [0.25, 0.3) is 0 Å². The van der Waals surface area contributed by atoms with Gasteiger partial charge < -0.3 is 5.11 Å². The van der Waals surface area contributed by atoms with Gasteiger partial charge in [-0.05, 0) is 24.8 Å².